The Morgan fingerprint density at radius 2 is 0.653 bits per heavy atom. The zero-order chi connectivity index (χ0) is 66.3. The number of benzene rings is 13. The largest absolute Gasteiger partial charge is 0.331 e. The Labute approximate surface area is 581 Å². The molecule has 0 N–H and O–H groups in total. The van der Waals surface area contributed by atoms with E-state index in [0.717, 1.165) is 133 Å². The highest BCUT2D eigenvalue weighted by molar-refractivity contribution is 6.24. The van der Waals surface area contributed by atoms with E-state index in [4.69, 9.17) is 29.9 Å². The summed E-state index contributed by atoms with van der Waals surface area (Å²) in [6.07, 6.45) is 7.72. The van der Waals surface area contributed by atoms with Gasteiger partial charge in [0.15, 0.2) is 40.6 Å². The van der Waals surface area contributed by atoms with Crippen LogP contribution in [0.1, 0.15) is 23.1 Å². The van der Waals surface area contributed by atoms with Gasteiger partial charge in [0, 0.05) is 93.8 Å². The van der Waals surface area contributed by atoms with Crippen LogP contribution in [-0.2, 0) is 5.66 Å². The summed E-state index contributed by atoms with van der Waals surface area (Å²) in [6.45, 7) is 0. The molecule has 0 spiro atoms. The molecule has 0 fully saturated rings. The van der Waals surface area contributed by atoms with Crippen LogP contribution in [-0.4, -0.2) is 49.6 Å². The van der Waals surface area contributed by atoms with Crippen LogP contribution in [0.3, 0.4) is 0 Å². The number of nitrogens with zero attached hydrogens (tertiary/aromatic N) is 10. The highest BCUT2D eigenvalue weighted by atomic mass is 15.4. The Balaban J connectivity index is 0.981. The van der Waals surface area contributed by atoms with Crippen molar-refractivity contribution in [3.63, 3.8) is 0 Å². The molecule has 0 saturated carbocycles. The van der Waals surface area contributed by atoms with Crippen LogP contribution in [0.5, 0.6) is 0 Å². The van der Waals surface area contributed by atoms with Crippen molar-refractivity contribution >= 4 is 76.7 Å². The Kier molecular flexibility index (Phi) is 12.5. The number of allylic oxidation sites excluding steroid dienone is 2. The molecule has 10 heteroatoms. The third-order valence-electron chi connectivity index (χ3n) is 21.0. The van der Waals surface area contributed by atoms with Crippen LogP contribution in [0, 0.1) is 0 Å². The Morgan fingerprint density at radius 1 is 0.297 bits per heavy atom. The van der Waals surface area contributed by atoms with Crippen molar-refractivity contribution in [2.75, 3.05) is 4.90 Å². The minimum absolute atomic E-state index is 0.234. The fourth-order valence-electron chi connectivity index (χ4n) is 16.8. The fourth-order valence-corrected chi connectivity index (χ4v) is 16.8. The Bertz CT molecular complexity index is 6180. The van der Waals surface area contributed by atoms with E-state index in [-0.39, 0.29) is 6.04 Å². The van der Waals surface area contributed by atoms with Gasteiger partial charge in [-0.2, -0.15) is 0 Å². The first-order valence-corrected chi connectivity index (χ1v) is 34.5. The molecule has 0 bridgehead atoms. The summed E-state index contributed by atoms with van der Waals surface area (Å²) in [4.78, 5) is 35.5. The number of para-hydroxylation sites is 5. The van der Waals surface area contributed by atoms with Crippen LogP contribution in [0.25, 0.3) is 162 Å². The normalized spacial score (nSPS) is 14.3. The SMILES string of the molecule is C1=CCC2C(=C1)c1ccc3c4ccccc4n(-c4ccccc4)c3c1N2C1(n2c3ccccc3c3ccc4c5ccccc5n(-c5ccccc5)c4c32)c2cc(-c3nc(-c4ccccc4)nc(-c4ccccc4)n3)ccc2-c2ccc(-c3nc(-c4ccccc4)nc(-c4ccccc4)n3)cc21. The van der Waals surface area contributed by atoms with Gasteiger partial charge in [0.2, 0.25) is 0 Å². The third-order valence-corrected chi connectivity index (χ3v) is 21.0. The van der Waals surface area contributed by atoms with Gasteiger partial charge >= 0.3 is 0 Å². The molecule has 3 aliphatic rings. The number of anilines is 1. The first-order chi connectivity index (χ1) is 50.1. The predicted molar refractivity (Wildman–Crippen MR) is 410 cm³/mol. The molecule has 6 heterocycles. The highest BCUT2D eigenvalue weighted by Gasteiger charge is 2.57. The van der Waals surface area contributed by atoms with E-state index in [1.54, 1.807) is 0 Å². The van der Waals surface area contributed by atoms with Crippen LogP contribution in [0.2, 0.25) is 0 Å². The van der Waals surface area contributed by atoms with Gasteiger partial charge in [0.25, 0.3) is 0 Å². The topological polar surface area (TPSA) is 95.4 Å². The van der Waals surface area contributed by atoms with Gasteiger partial charge < -0.3 is 18.6 Å². The first-order valence-electron chi connectivity index (χ1n) is 34.5. The molecule has 0 radical (unpaired) electrons. The van der Waals surface area contributed by atoms with Crippen LogP contribution in [0.15, 0.2) is 334 Å². The molecule has 5 aromatic heterocycles. The summed E-state index contributed by atoms with van der Waals surface area (Å²) in [5.41, 5.74) is 20.5. The quantitative estimate of drug-likeness (QED) is 0.135. The van der Waals surface area contributed by atoms with E-state index in [2.05, 4.69) is 279 Å². The molecule has 0 amide bonds. The lowest BCUT2D eigenvalue weighted by atomic mass is 9.88. The molecule has 21 rings (SSSR count). The summed E-state index contributed by atoms with van der Waals surface area (Å²) in [5, 5.41) is 6.89. The molecule has 13 aromatic carbocycles. The molecule has 472 valence electrons. The van der Waals surface area contributed by atoms with E-state index in [1.165, 1.54) is 16.5 Å². The van der Waals surface area contributed by atoms with Gasteiger partial charge in [-0.25, -0.2) is 29.9 Å². The standard InChI is InChI=1S/C91H58N10/c1-7-27-57(28-8-1)85-92-86(58-29-9-2-10-30-58)95-89(94-85)61-47-49-65-66-50-48-62(90-96-87(59-31-11-3-12-32-59)93-88(97-90)60-33-13-4-14-34-60)56-76(66)91(75(65)55-61,100-79-45-25-21-41-69(79)73-53-51-71-67-39-19-23-43-77(67)98(81(71)83(73)100)63-35-15-5-16-36-63)101-80-46-26-22-42-70(80)74-54-52-72-68-40-20-24-44-78(68)99(82(72)84(74)101)64-37-17-6-18-38-64/h1-45,47-56,80H,46H2. The van der Waals surface area contributed by atoms with Gasteiger partial charge in [-0.3, -0.25) is 0 Å². The van der Waals surface area contributed by atoms with Gasteiger partial charge in [-0.05, 0) is 77.7 Å². The van der Waals surface area contributed by atoms with Crippen LogP contribution >= 0.6 is 0 Å². The highest BCUT2D eigenvalue weighted by Crippen LogP contribution is 2.63. The van der Waals surface area contributed by atoms with Crippen molar-refractivity contribution in [1.29, 1.82) is 0 Å². The first kappa shape index (κ1) is 56.7. The number of hydrogen-bond acceptors (Lipinski definition) is 7. The van der Waals surface area contributed by atoms with Crippen molar-refractivity contribution in [2.45, 2.75) is 18.1 Å². The van der Waals surface area contributed by atoms with Crippen molar-refractivity contribution in [2.24, 2.45) is 0 Å². The maximum absolute atomic E-state index is 5.53. The van der Waals surface area contributed by atoms with Gasteiger partial charge in [0.1, 0.15) is 0 Å². The maximum Gasteiger partial charge on any atom is 0.172 e. The van der Waals surface area contributed by atoms with Crippen molar-refractivity contribution in [3.8, 4) is 90.8 Å². The molecule has 101 heavy (non-hydrogen) atoms. The van der Waals surface area contributed by atoms with Gasteiger partial charge in [-0.15, -0.1) is 0 Å². The second-order valence-corrected chi connectivity index (χ2v) is 26.4. The summed E-state index contributed by atoms with van der Waals surface area (Å²) in [5.74, 6) is 3.46. The molecular weight excluding hydrogens is 1230 g/mol. The Hall–Kier alpha value is -13.4. The fraction of sp³-hybridized carbons (Fsp3) is 0.0330. The lowest BCUT2D eigenvalue weighted by Gasteiger charge is -2.48. The lowest BCUT2D eigenvalue weighted by molar-refractivity contribution is 0.420. The second kappa shape index (κ2) is 22.3. The van der Waals surface area contributed by atoms with E-state index in [9.17, 15) is 0 Å². The number of hydrogen-bond donors (Lipinski definition) is 0. The van der Waals surface area contributed by atoms with Crippen molar-refractivity contribution in [1.82, 2.24) is 43.6 Å². The second-order valence-electron chi connectivity index (χ2n) is 26.4. The van der Waals surface area contributed by atoms with Crippen molar-refractivity contribution < 1.29 is 0 Å². The minimum atomic E-state index is -1.33. The smallest absolute Gasteiger partial charge is 0.172 e. The van der Waals surface area contributed by atoms with E-state index in [1.807, 2.05) is 72.8 Å². The monoisotopic (exact) mass is 1290 g/mol. The molecule has 0 saturated heterocycles. The van der Waals surface area contributed by atoms with E-state index in [0.29, 0.717) is 41.4 Å². The number of fused-ring (bicyclic) bond motifs is 17. The maximum atomic E-state index is 5.53. The molecular formula is C91H58N10. The van der Waals surface area contributed by atoms with Crippen LogP contribution < -0.4 is 4.90 Å². The third kappa shape index (κ3) is 8.46. The zero-order valence-corrected chi connectivity index (χ0v) is 54.5. The summed E-state index contributed by atoms with van der Waals surface area (Å²) in [6, 6.07) is 113. The molecule has 2 aliphatic carbocycles. The summed E-state index contributed by atoms with van der Waals surface area (Å²) >= 11 is 0. The average molecular weight is 1290 g/mol. The van der Waals surface area contributed by atoms with E-state index >= 15 is 0 Å². The molecule has 10 nitrogen and oxygen atoms in total. The zero-order valence-electron chi connectivity index (χ0n) is 54.5. The molecule has 1 aliphatic heterocycles. The van der Waals surface area contributed by atoms with Gasteiger partial charge in [0.05, 0.1) is 44.8 Å². The van der Waals surface area contributed by atoms with Crippen LogP contribution in [0.4, 0.5) is 5.69 Å². The summed E-state index contributed by atoms with van der Waals surface area (Å²) < 4.78 is 7.81. The lowest BCUT2D eigenvalue weighted by Crippen LogP contribution is -2.54. The summed E-state index contributed by atoms with van der Waals surface area (Å²) in [7, 11) is 0. The average Bonchev–Trinajstić information content (AvgIpc) is 1.49. The molecule has 1 unspecified atom stereocenters. The number of aromatic nitrogens is 9. The Morgan fingerprint density at radius 3 is 1.12 bits per heavy atom. The number of rotatable bonds is 10. The predicted octanol–water partition coefficient (Wildman–Crippen LogP) is 21.3. The molecule has 18 aromatic rings. The minimum Gasteiger partial charge on any atom is -0.331 e. The van der Waals surface area contributed by atoms with E-state index < -0.39 is 5.66 Å². The molecule has 1 atom stereocenters. The van der Waals surface area contributed by atoms with Gasteiger partial charge in [-0.1, -0.05) is 279 Å². The van der Waals surface area contributed by atoms with Crippen molar-refractivity contribution in [3.05, 3.63) is 350 Å².